The van der Waals surface area contributed by atoms with E-state index in [0.717, 1.165) is 29.8 Å². The minimum atomic E-state index is -0.0924. The summed E-state index contributed by atoms with van der Waals surface area (Å²) in [6.07, 6.45) is 5.81. The van der Waals surface area contributed by atoms with Crippen molar-refractivity contribution in [1.29, 1.82) is 5.41 Å². The first kappa shape index (κ1) is 25.4. The quantitative estimate of drug-likeness (QED) is 0.291. The first-order valence-electron chi connectivity index (χ1n) is 11.1. The lowest BCUT2D eigenvalue weighted by Gasteiger charge is -2.40. The largest absolute Gasteiger partial charge is 0.353 e. The van der Waals surface area contributed by atoms with Crippen LogP contribution in [0.5, 0.6) is 0 Å². The molecule has 0 saturated carbocycles. The van der Waals surface area contributed by atoms with Crippen LogP contribution in [0, 0.1) is 23.2 Å². The van der Waals surface area contributed by atoms with Gasteiger partial charge in [-0.15, -0.1) is 17.3 Å². The molecule has 0 unspecified atom stereocenters. The highest BCUT2D eigenvalue weighted by molar-refractivity contribution is 7.10. The molecule has 32 heavy (non-hydrogen) atoms. The van der Waals surface area contributed by atoms with Crippen LogP contribution in [0.3, 0.4) is 0 Å². The summed E-state index contributed by atoms with van der Waals surface area (Å²) in [5.41, 5.74) is 5.97. The van der Waals surface area contributed by atoms with Gasteiger partial charge in [-0.05, 0) is 74.4 Å². The molecule has 168 valence electrons. The molecule has 0 fully saturated rings. The Balaban J connectivity index is 2.50. The van der Waals surface area contributed by atoms with E-state index in [1.165, 1.54) is 16.0 Å². The van der Waals surface area contributed by atoms with Crippen molar-refractivity contribution in [2.75, 3.05) is 7.05 Å². The molecule has 1 N–H and O–H groups in total. The fraction of sp³-hybridized carbons (Fsp3) is 0.345. The molecule has 0 aliphatic carbocycles. The van der Waals surface area contributed by atoms with E-state index in [4.69, 9.17) is 5.41 Å². The number of nitrogens with zero attached hydrogens (tertiary/aromatic N) is 1. The average Bonchev–Trinajstić information content (AvgIpc) is 3.26. The van der Waals surface area contributed by atoms with Gasteiger partial charge in [-0.1, -0.05) is 51.1 Å². The van der Waals surface area contributed by atoms with Gasteiger partial charge in [-0.25, -0.2) is 0 Å². The summed E-state index contributed by atoms with van der Waals surface area (Å²) in [5.74, 6) is 6.33. The van der Waals surface area contributed by atoms with Crippen molar-refractivity contribution in [3.63, 3.8) is 0 Å². The molecule has 0 aliphatic rings. The Morgan fingerprint density at radius 2 is 1.97 bits per heavy atom. The topological polar surface area (TPSA) is 27.1 Å². The second kappa shape index (κ2) is 11.2. The molecule has 0 saturated heterocycles. The van der Waals surface area contributed by atoms with Crippen LogP contribution >= 0.6 is 11.3 Å². The Labute approximate surface area is 198 Å². The lowest BCUT2D eigenvalue weighted by atomic mass is 9.70. The minimum absolute atomic E-state index is 0.0924. The average molecular weight is 445 g/mol. The van der Waals surface area contributed by atoms with E-state index in [1.807, 2.05) is 45.2 Å². The normalized spacial score (nSPS) is 13.7. The van der Waals surface area contributed by atoms with Gasteiger partial charge in [0, 0.05) is 45.9 Å². The molecule has 2 atom stereocenters. The van der Waals surface area contributed by atoms with Gasteiger partial charge in [-0.3, -0.25) is 0 Å². The molecule has 0 spiro atoms. The van der Waals surface area contributed by atoms with Crippen LogP contribution in [0.25, 0.3) is 11.1 Å². The Kier molecular flexibility index (Phi) is 8.87. The fourth-order valence-electron chi connectivity index (χ4n) is 3.92. The van der Waals surface area contributed by atoms with Crippen molar-refractivity contribution >= 4 is 17.0 Å². The molecular formula is C29H36N2S. The lowest BCUT2D eigenvalue weighted by molar-refractivity contribution is 0.281. The van der Waals surface area contributed by atoms with Crippen molar-refractivity contribution in [1.82, 2.24) is 4.90 Å². The second-order valence-electron chi connectivity index (χ2n) is 8.59. The smallest absolute Gasteiger partial charge is 0.0279 e. The van der Waals surface area contributed by atoms with Crippen molar-refractivity contribution in [3.8, 4) is 23.0 Å². The number of hydrogen-bond acceptors (Lipinski definition) is 3. The Morgan fingerprint density at radius 3 is 2.56 bits per heavy atom. The molecule has 0 aliphatic heterocycles. The molecule has 2 aromatic rings. The van der Waals surface area contributed by atoms with Crippen molar-refractivity contribution in [2.24, 2.45) is 5.92 Å². The molecule has 0 radical (unpaired) electrons. The van der Waals surface area contributed by atoms with E-state index in [-0.39, 0.29) is 11.3 Å². The molecule has 0 bridgehead atoms. The SMILES string of the molecule is C=C(C)N(C)C(=C)[C@H](C/C=C/C(C)=N)[C@@](C)(CC)c1cc(-c2cccc(C#CC)c2)cs1. The summed E-state index contributed by atoms with van der Waals surface area (Å²) in [4.78, 5) is 3.45. The molecule has 1 aromatic heterocycles. The van der Waals surface area contributed by atoms with Crippen molar-refractivity contribution in [2.45, 2.75) is 52.9 Å². The Hall–Kier alpha value is -2.83. The summed E-state index contributed by atoms with van der Waals surface area (Å²) in [5, 5.41) is 10.0. The van der Waals surface area contributed by atoms with E-state index in [9.17, 15) is 0 Å². The predicted molar refractivity (Wildman–Crippen MR) is 142 cm³/mol. The number of hydrogen-bond donors (Lipinski definition) is 1. The van der Waals surface area contributed by atoms with Crippen LogP contribution in [-0.2, 0) is 5.41 Å². The van der Waals surface area contributed by atoms with E-state index in [2.05, 4.69) is 85.5 Å². The third kappa shape index (κ3) is 5.90. The molecule has 1 heterocycles. The zero-order valence-corrected chi connectivity index (χ0v) is 21.2. The maximum atomic E-state index is 7.77. The monoisotopic (exact) mass is 444 g/mol. The summed E-state index contributed by atoms with van der Waals surface area (Å²) in [6.45, 7) is 18.9. The Bertz CT molecular complexity index is 1080. The zero-order valence-electron chi connectivity index (χ0n) is 20.4. The van der Waals surface area contributed by atoms with Crippen LogP contribution < -0.4 is 0 Å². The lowest BCUT2D eigenvalue weighted by Crippen LogP contribution is -2.36. The number of allylic oxidation sites excluding steroid dienone is 4. The first-order valence-corrected chi connectivity index (χ1v) is 11.9. The van der Waals surface area contributed by atoms with Gasteiger partial charge in [0.1, 0.15) is 0 Å². The van der Waals surface area contributed by atoms with E-state index in [0.29, 0.717) is 5.71 Å². The van der Waals surface area contributed by atoms with Gasteiger partial charge >= 0.3 is 0 Å². The molecule has 2 nitrogen and oxygen atoms in total. The summed E-state index contributed by atoms with van der Waals surface area (Å²) in [6, 6.07) is 10.8. The standard InChI is InChI=1S/C29H36N2S/c1-9-13-24-15-12-16-25(18-24)26-19-28(32-20-26)29(7,10-2)27(17-11-14-22(5)30)23(6)31(8)21(3)4/h11-12,14-16,18-20,27,30H,3,6,10,17H2,1-2,4-5,7-8H3/b14-11+,30-22?/t27-,29+/m0/s1. The van der Waals surface area contributed by atoms with Crippen molar-refractivity contribution < 1.29 is 0 Å². The predicted octanol–water partition coefficient (Wildman–Crippen LogP) is 8.04. The summed E-state index contributed by atoms with van der Waals surface area (Å²) < 4.78 is 0. The van der Waals surface area contributed by atoms with Gasteiger partial charge in [-0.2, -0.15) is 0 Å². The highest BCUT2D eigenvalue weighted by Crippen LogP contribution is 2.46. The van der Waals surface area contributed by atoms with Gasteiger partial charge in [0.2, 0.25) is 0 Å². The molecule has 2 rings (SSSR count). The van der Waals surface area contributed by atoms with Gasteiger partial charge in [0.05, 0.1) is 0 Å². The zero-order chi connectivity index (χ0) is 23.9. The van der Waals surface area contributed by atoms with Gasteiger partial charge in [0.15, 0.2) is 0 Å². The Morgan fingerprint density at radius 1 is 1.25 bits per heavy atom. The van der Waals surface area contributed by atoms with E-state index in [1.54, 1.807) is 0 Å². The number of benzene rings is 1. The third-order valence-electron chi connectivity index (χ3n) is 6.28. The van der Waals surface area contributed by atoms with E-state index < -0.39 is 0 Å². The number of rotatable bonds is 10. The number of nitrogens with one attached hydrogen (secondary N) is 1. The van der Waals surface area contributed by atoms with E-state index >= 15 is 0 Å². The maximum absolute atomic E-state index is 7.77. The molecular weight excluding hydrogens is 408 g/mol. The first-order chi connectivity index (χ1) is 15.1. The molecule has 1 aromatic carbocycles. The second-order valence-corrected chi connectivity index (χ2v) is 9.50. The van der Waals surface area contributed by atoms with Crippen LogP contribution in [0.2, 0.25) is 0 Å². The highest BCUT2D eigenvalue weighted by atomic mass is 32.1. The van der Waals surface area contributed by atoms with Gasteiger partial charge < -0.3 is 10.3 Å². The van der Waals surface area contributed by atoms with Crippen LogP contribution in [0.4, 0.5) is 0 Å². The maximum Gasteiger partial charge on any atom is 0.0279 e. The number of thiophene rings is 1. The van der Waals surface area contributed by atoms with Crippen molar-refractivity contribution in [3.05, 3.63) is 82.9 Å². The van der Waals surface area contributed by atoms with Crippen LogP contribution in [0.1, 0.15) is 57.9 Å². The van der Waals surface area contributed by atoms with Crippen LogP contribution in [-0.4, -0.2) is 17.7 Å². The van der Waals surface area contributed by atoms with Gasteiger partial charge in [0.25, 0.3) is 0 Å². The summed E-state index contributed by atoms with van der Waals surface area (Å²) in [7, 11) is 2.04. The summed E-state index contributed by atoms with van der Waals surface area (Å²) >= 11 is 1.82. The highest BCUT2D eigenvalue weighted by Gasteiger charge is 2.38. The van der Waals surface area contributed by atoms with Crippen LogP contribution in [0.15, 0.2) is 72.4 Å². The third-order valence-corrected chi connectivity index (χ3v) is 7.49. The fourth-order valence-corrected chi connectivity index (χ4v) is 5.13. The minimum Gasteiger partial charge on any atom is -0.353 e. The molecule has 3 heteroatoms. The molecule has 0 amide bonds.